The summed E-state index contributed by atoms with van der Waals surface area (Å²) in [6.45, 7) is 2.75. The summed E-state index contributed by atoms with van der Waals surface area (Å²) in [5.74, 6) is 0.949. The van der Waals surface area contributed by atoms with Crippen LogP contribution in [0.15, 0.2) is 12.3 Å². The summed E-state index contributed by atoms with van der Waals surface area (Å²) in [6, 6.07) is 1.63. The van der Waals surface area contributed by atoms with Gasteiger partial charge in [0.05, 0.1) is 6.54 Å². The number of hydrogen-bond donors (Lipinski definition) is 1. The van der Waals surface area contributed by atoms with Crippen LogP contribution in [0.5, 0.6) is 0 Å². The number of rotatable bonds is 1. The van der Waals surface area contributed by atoms with E-state index in [1.54, 1.807) is 19.2 Å². The van der Waals surface area contributed by atoms with Crippen LogP contribution < -0.4 is 10.6 Å². The van der Waals surface area contributed by atoms with Crippen LogP contribution in [0.1, 0.15) is 19.8 Å². The Labute approximate surface area is 88.3 Å². The molecule has 1 aliphatic heterocycles. The van der Waals surface area contributed by atoms with E-state index in [1.165, 1.54) is 0 Å². The molecule has 5 heteroatoms. The second-order valence-electron chi connectivity index (χ2n) is 4.22. The van der Waals surface area contributed by atoms with Crippen LogP contribution in [-0.2, 0) is 0 Å². The Bertz CT molecular complexity index is 353. The van der Waals surface area contributed by atoms with E-state index in [4.69, 9.17) is 5.73 Å². The van der Waals surface area contributed by atoms with Crippen molar-refractivity contribution in [1.82, 2.24) is 9.97 Å². The molecule has 0 radical (unpaired) electrons. The van der Waals surface area contributed by atoms with Gasteiger partial charge in [-0.1, -0.05) is 0 Å². The molecule has 1 aromatic rings. The molecule has 0 aromatic carbocycles. The summed E-state index contributed by atoms with van der Waals surface area (Å²) in [4.78, 5) is 10.0. The molecular weight excluding hydrogens is 195 g/mol. The Balaban J connectivity index is 2.17. The first-order chi connectivity index (χ1) is 7.07. The summed E-state index contributed by atoms with van der Waals surface area (Å²) in [7, 11) is 0. The maximum Gasteiger partial charge on any atom is 0.227 e. The number of aromatic nitrogens is 2. The number of nitrogens with two attached hydrogens (primary N) is 1. The topological polar surface area (TPSA) is 55.0 Å². The number of nitrogen functional groups attached to an aromatic ring is 1. The van der Waals surface area contributed by atoms with Crippen molar-refractivity contribution in [1.29, 1.82) is 0 Å². The summed E-state index contributed by atoms with van der Waals surface area (Å²) in [5.41, 5.74) is 4.41. The highest BCUT2D eigenvalue weighted by molar-refractivity contribution is 5.38. The zero-order valence-corrected chi connectivity index (χ0v) is 8.78. The monoisotopic (exact) mass is 210 g/mol. The van der Waals surface area contributed by atoms with Crippen LogP contribution in [-0.4, -0.2) is 28.7 Å². The van der Waals surface area contributed by atoms with Gasteiger partial charge in [-0.05, 0) is 25.8 Å². The summed E-state index contributed by atoms with van der Waals surface area (Å²) in [5, 5.41) is 0. The summed E-state index contributed by atoms with van der Waals surface area (Å²) in [6.07, 6.45) is 3.03. The van der Waals surface area contributed by atoms with Gasteiger partial charge in [-0.25, -0.2) is 9.37 Å². The molecule has 0 aliphatic carbocycles. The van der Waals surface area contributed by atoms with Gasteiger partial charge in [-0.2, -0.15) is 4.98 Å². The number of piperidine rings is 1. The van der Waals surface area contributed by atoms with E-state index in [1.807, 2.05) is 4.90 Å². The lowest BCUT2D eigenvalue weighted by Gasteiger charge is -2.35. The van der Waals surface area contributed by atoms with Gasteiger partial charge in [-0.15, -0.1) is 0 Å². The molecule has 15 heavy (non-hydrogen) atoms. The van der Waals surface area contributed by atoms with Crippen LogP contribution in [0, 0.1) is 0 Å². The summed E-state index contributed by atoms with van der Waals surface area (Å²) < 4.78 is 13.8. The molecule has 0 saturated carbocycles. The molecule has 2 rings (SSSR count). The third-order valence-corrected chi connectivity index (χ3v) is 2.59. The minimum absolute atomic E-state index is 0.344. The average molecular weight is 210 g/mol. The fourth-order valence-corrected chi connectivity index (χ4v) is 1.88. The number of nitrogens with zero attached hydrogens (tertiary/aromatic N) is 3. The maximum absolute atomic E-state index is 13.8. The van der Waals surface area contributed by atoms with Crippen molar-refractivity contribution in [3.8, 4) is 0 Å². The molecule has 0 amide bonds. The zero-order chi connectivity index (χ0) is 10.9. The lowest BCUT2D eigenvalue weighted by Crippen LogP contribution is -2.44. The molecule has 4 nitrogen and oxygen atoms in total. The van der Waals surface area contributed by atoms with Crippen LogP contribution in [0.25, 0.3) is 0 Å². The largest absolute Gasteiger partial charge is 0.384 e. The van der Waals surface area contributed by atoms with E-state index < -0.39 is 5.67 Å². The maximum atomic E-state index is 13.8. The van der Waals surface area contributed by atoms with Gasteiger partial charge in [0.1, 0.15) is 11.5 Å². The van der Waals surface area contributed by atoms with Crippen LogP contribution in [0.2, 0.25) is 0 Å². The van der Waals surface area contributed by atoms with Crippen LogP contribution in [0.4, 0.5) is 16.2 Å². The predicted octanol–water partition coefficient (Wildman–Crippen LogP) is 1.39. The third kappa shape index (κ3) is 2.34. The van der Waals surface area contributed by atoms with Crippen LogP contribution >= 0.6 is 0 Å². The molecule has 82 valence electrons. The quantitative estimate of drug-likeness (QED) is 0.761. The first-order valence-corrected chi connectivity index (χ1v) is 5.09. The van der Waals surface area contributed by atoms with Crippen molar-refractivity contribution in [3.63, 3.8) is 0 Å². The summed E-state index contributed by atoms with van der Waals surface area (Å²) >= 11 is 0. The molecule has 0 bridgehead atoms. The number of hydrogen-bond acceptors (Lipinski definition) is 4. The lowest BCUT2D eigenvalue weighted by atomic mass is 9.97. The van der Waals surface area contributed by atoms with Crippen molar-refractivity contribution in [2.75, 3.05) is 23.7 Å². The smallest absolute Gasteiger partial charge is 0.227 e. The number of alkyl halides is 1. The number of anilines is 2. The molecule has 1 aromatic heterocycles. The Morgan fingerprint density at radius 3 is 3.07 bits per heavy atom. The van der Waals surface area contributed by atoms with Crippen molar-refractivity contribution in [2.24, 2.45) is 0 Å². The third-order valence-electron chi connectivity index (χ3n) is 2.59. The van der Waals surface area contributed by atoms with Gasteiger partial charge in [0, 0.05) is 12.7 Å². The molecule has 2 heterocycles. The van der Waals surface area contributed by atoms with Gasteiger partial charge in [0.25, 0.3) is 0 Å². The lowest BCUT2D eigenvalue weighted by molar-refractivity contribution is 0.159. The van der Waals surface area contributed by atoms with E-state index >= 15 is 0 Å². The first kappa shape index (κ1) is 10.1. The highest BCUT2D eigenvalue weighted by Crippen LogP contribution is 2.26. The minimum Gasteiger partial charge on any atom is -0.384 e. The molecule has 1 saturated heterocycles. The number of halogens is 1. The van der Waals surface area contributed by atoms with Crippen molar-refractivity contribution < 1.29 is 4.39 Å². The molecule has 2 N–H and O–H groups in total. The van der Waals surface area contributed by atoms with Gasteiger partial charge in [0.15, 0.2) is 0 Å². The van der Waals surface area contributed by atoms with E-state index in [9.17, 15) is 4.39 Å². The van der Waals surface area contributed by atoms with Crippen molar-refractivity contribution in [2.45, 2.75) is 25.4 Å². The normalized spacial score (nSPS) is 26.7. The molecule has 0 spiro atoms. The second kappa shape index (κ2) is 3.64. The fourth-order valence-electron chi connectivity index (χ4n) is 1.88. The first-order valence-electron chi connectivity index (χ1n) is 5.09. The van der Waals surface area contributed by atoms with Gasteiger partial charge < -0.3 is 10.6 Å². The van der Waals surface area contributed by atoms with E-state index in [-0.39, 0.29) is 0 Å². The van der Waals surface area contributed by atoms with E-state index in [2.05, 4.69) is 9.97 Å². The van der Waals surface area contributed by atoms with Gasteiger partial charge >= 0.3 is 0 Å². The zero-order valence-electron chi connectivity index (χ0n) is 8.78. The van der Waals surface area contributed by atoms with Crippen molar-refractivity contribution in [3.05, 3.63) is 12.3 Å². The minimum atomic E-state index is -1.15. The fraction of sp³-hybridized carbons (Fsp3) is 0.600. The molecule has 1 atom stereocenters. The van der Waals surface area contributed by atoms with Crippen LogP contribution in [0.3, 0.4) is 0 Å². The van der Waals surface area contributed by atoms with Gasteiger partial charge in [-0.3, -0.25) is 0 Å². The predicted molar refractivity (Wildman–Crippen MR) is 57.4 cm³/mol. The highest BCUT2D eigenvalue weighted by Gasteiger charge is 2.31. The molecule has 0 unspecified atom stereocenters. The Hall–Kier alpha value is -1.39. The SMILES string of the molecule is C[C@@]1(F)CCCN(c2nccc(N)n2)C1. The molecular formula is C10H15FN4. The van der Waals surface area contributed by atoms with E-state index in [0.29, 0.717) is 24.7 Å². The van der Waals surface area contributed by atoms with Gasteiger partial charge in [0.2, 0.25) is 5.95 Å². The Kier molecular flexibility index (Phi) is 2.46. The van der Waals surface area contributed by atoms with E-state index in [0.717, 1.165) is 13.0 Å². The Morgan fingerprint density at radius 2 is 2.40 bits per heavy atom. The average Bonchev–Trinajstić information content (AvgIpc) is 2.16. The standard InChI is InChI=1S/C10H15FN4/c1-10(11)4-2-6-15(7-10)9-13-5-3-8(12)14-9/h3,5H,2,4,6-7H2,1H3,(H2,12,13,14)/t10-/m1/s1. The molecule has 1 fully saturated rings. The molecule has 1 aliphatic rings. The Morgan fingerprint density at radius 1 is 1.60 bits per heavy atom. The van der Waals surface area contributed by atoms with Crippen molar-refractivity contribution >= 4 is 11.8 Å². The highest BCUT2D eigenvalue weighted by atomic mass is 19.1. The second-order valence-corrected chi connectivity index (χ2v) is 4.22.